The van der Waals surface area contributed by atoms with Gasteiger partial charge < -0.3 is 20.7 Å². The lowest BCUT2D eigenvalue weighted by Crippen LogP contribution is -2.17. The van der Waals surface area contributed by atoms with Gasteiger partial charge in [0.1, 0.15) is 5.75 Å². The number of anilines is 4. The molecule has 4 aromatic rings. The van der Waals surface area contributed by atoms with Gasteiger partial charge in [-0.15, -0.1) is 0 Å². The SMILES string of the molecule is CNC(=O)c1ccc(-c2cc(OCC(C)C)c(Nc3ncc(I)c(Nc4cc(C)[nH]n4)n3)cc2C)cc1. The normalized spacial score (nSPS) is 10.9. The van der Waals surface area contributed by atoms with Crippen LogP contribution in [0.15, 0.2) is 48.7 Å². The molecule has 0 saturated carbocycles. The highest BCUT2D eigenvalue weighted by Gasteiger charge is 2.15. The Kier molecular flexibility index (Phi) is 8.27. The summed E-state index contributed by atoms with van der Waals surface area (Å²) in [6, 6.07) is 13.5. The minimum Gasteiger partial charge on any atom is -0.491 e. The van der Waals surface area contributed by atoms with E-state index in [2.05, 4.69) is 72.6 Å². The summed E-state index contributed by atoms with van der Waals surface area (Å²) >= 11 is 2.19. The highest BCUT2D eigenvalue weighted by Crippen LogP contribution is 2.36. The van der Waals surface area contributed by atoms with Gasteiger partial charge in [0.15, 0.2) is 11.6 Å². The third kappa shape index (κ3) is 6.56. The third-order valence-electron chi connectivity index (χ3n) is 5.53. The number of halogens is 1. The quantitative estimate of drug-likeness (QED) is 0.172. The number of ether oxygens (including phenoxy) is 1. The van der Waals surface area contributed by atoms with E-state index in [-0.39, 0.29) is 5.91 Å². The standard InChI is InChI=1S/C27H30IN7O2/c1-15(2)14-37-23-12-20(18-6-8-19(9-7-18)26(36)29-5)16(3)10-22(23)31-27-30-13-21(28)25(33-27)32-24-11-17(4)34-35-24/h6-13,15H,14H2,1-5H3,(H,29,36)(H3,30,31,32,33,34,35). The molecule has 37 heavy (non-hydrogen) atoms. The van der Waals surface area contributed by atoms with Crippen LogP contribution in [0.1, 0.15) is 35.5 Å². The molecule has 0 fully saturated rings. The summed E-state index contributed by atoms with van der Waals surface area (Å²) < 4.78 is 7.07. The Labute approximate surface area is 230 Å². The van der Waals surface area contributed by atoms with E-state index in [9.17, 15) is 4.79 Å². The molecule has 2 aromatic carbocycles. The summed E-state index contributed by atoms with van der Waals surface area (Å²) in [7, 11) is 1.62. The number of carbonyl (C=O) groups is 1. The first-order valence-electron chi connectivity index (χ1n) is 11.9. The number of nitrogens with one attached hydrogen (secondary N) is 4. The summed E-state index contributed by atoms with van der Waals surface area (Å²) in [6.07, 6.45) is 1.75. The topological polar surface area (TPSA) is 117 Å². The molecule has 2 heterocycles. The number of benzene rings is 2. The van der Waals surface area contributed by atoms with E-state index < -0.39 is 0 Å². The molecule has 9 nitrogen and oxygen atoms in total. The van der Waals surface area contributed by atoms with E-state index in [0.717, 1.165) is 31.6 Å². The summed E-state index contributed by atoms with van der Waals surface area (Å²) in [5, 5.41) is 16.4. The number of rotatable bonds is 9. The minimum atomic E-state index is -0.113. The molecular weight excluding hydrogens is 581 g/mol. The Morgan fingerprint density at radius 2 is 1.86 bits per heavy atom. The van der Waals surface area contributed by atoms with Crippen LogP contribution in [0.4, 0.5) is 23.3 Å². The Balaban J connectivity index is 1.66. The zero-order chi connectivity index (χ0) is 26.5. The smallest absolute Gasteiger partial charge is 0.251 e. The number of hydrogen-bond donors (Lipinski definition) is 4. The fourth-order valence-electron chi connectivity index (χ4n) is 3.66. The number of aryl methyl sites for hydroxylation is 2. The van der Waals surface area contributed by atoms with Crippen molar-refractivity contribution < 1.29 is 9.53 Å². The molecule has 0 unspecified atom stereocenters. The van der Waals surface area contributed by atoms with Gasteiger partial charge in [-0.1, -0.05) is 26.0 Å². The summed E-state index contributed by atoms with van der Waals surface area (Å²) in [6.45, 7) is 8.76. The number of nitrogens with zero attached hydrogens (tertiary/aromatic N) is 3. The van der Waals surface area contributed by atoms with Gasteiger partial charge in [0.2, 0.25) is 5.95 Å². The Hall–Kier alpha value is -3.67. The highest BCUT2D eigenvalue weighted by atomic mass is 127. The van der Waals surface area contributed by atoms with E-state index >= 15 is 0 Å². The fraction of sp³-hybridized carbons (Fsp3) is 0.259. The Morgan fingerprint density at radius 1 is 1.11 bits per heavy atom. The molecule has 0 radical (unpaired) electrons. The number of aromatic nitrogens is 4. The van der Waals surface area contributed by atoms with Crippen molar-refractivity contribution in [3.8, 4) is 16.9 Å². The Morgan fingerprint density at radius 3 is 2.51 bits per heavy atom. The lowest BCUT2D eigenvalue weighted by molar-refractivity contribution is 0.0963. The molecule has 0 aliphatic rings. The van der Waals surface area contributed by atoms with Crippen molar-refractivity contribution in [3.05, 3.63) is 69.1 Å². The average molecular weight is 611 g/mol. The molecule has 4 N–H and O–H groups in total. The van der Waals surface area contributed by atoms with E-state index in [1.54, 1.807) is 13.2 Å². The second-order valence-electron chi connectivity index (χ2n) is 9.10. The molecule has 0 spiro atoms. The van der Waals surface area contributed by atoms with Crippen LogP contribution in [0.2, 0.25) is 0 Å². The second-order valence-corrected chi connectivity index (χ2v) is 10.3. The zero-order valence-electron chi connectivity index (χ0n) is 21.4. The van der Waals surface area contributed by atoms with Crippen LogP contribution in [-0.4, -0.2) is 39.7 Å². The van der Waals surface area contributed by atoms with Crippen molar-refractivity contribution in [2.75, 3.05) is 24.3 Å². The molecule has 4 rings (SSSR count). The first-order valence-corrected chi connectivity index (χ1v) is 13.0. The lowest BCUT2D eigenvalue weighted by atomic mass is 9.98. The molecule has 0 bridgehead atoms. The van der Waals surface area contributed by atoms with E-state index in [1.807, 2.05) is 56.3 Å². The van der Waals surface area contributed by atoms with Crippen molar-refractivity contribution in [1.82, 2.24) is 25.5 Å². The highest BCUT2D eigenvalue weighted by molar-refractivity contribution is 14.1. The lowest BCUT2D eigenvalue weighted by Gasteiger charge is -2.18. The zero-order valence-corrected chi connectivity index (χ0v) is 23.6. The maximum absolute atomic E-state index is 11.9. The fourth-order valence-corrected chi connectivity index (χ4v) is 4.05. The first-order chi connectivity index (χ1) is 17.7. The number of aromatic amines is 1. The molecule has 0 atom stereocenters. The third-order valence-corrected chi connectivity index (χ3v) is 6.32. The van der Waals surface area contributed by atoms with E-state index in [0.29, 0.717) is 41.4 Å². The molecular formula is C27H30IN7O2. The molecule has 1 amide bonds. The van der Waals surface area contributed by atoms with Crippen LogP contribution >= 0.6 is 22.6 Å². The summed E-state index contributed by atoms with van der Waals surface area (Å²) in [4.78, 5) is 21.1. The van der Waals surface area contributed by atoms with Gasteiger partial charge in [0, 0.05) is 30.6 Å². The van der Waals surface area contributed by atoms with Crippen LogP contribution < -0.4 is 20.7 Å². The van der Waals surface area contributed by atoms with Crippen molar-refractivity contribution in [2.24, 2.45) is 5.92 Å². The van der Waals surface area contributed by atoms with Gasteiger partial charge in [-0.25, -0.2) is 4.98 Å². The average Bonchev–Trinajstić information content (AvgIpc) is 3.29. The molecule has 0 saturated heterocycles. The van der Waals surface area contributed by atoms with Crippen molar-refractivity contribution in [2.45, 2.75) is 27.7 Å². The minimum absolute atomic E-state index is 0.113. The number of carbonyl (C=O) groups excluding carboxylic acids is 1. The molecule has 192 valence electrons. The van der Waals surface area contributed by atoms with Gasteiger partial charge in [-0.2, -0.15) is 10.1 Å². The van der Waals surface area contributed by atoms with Gasteiger partial charge in [0.05, 0.1) is 15.9 Å². The van der Waals surface area contributed by atoms with Crippen LogP contribution in [0, 0.1) is 23.3 Å². The van der Waals surface area contributed by atoms with Crippen LogP contribution in [0.25, 0.3) is 11.1 Å². The molecule has 10 heteroatoms. The summed E-state index contributed by atoms with van der Waals surface area (Å²) in [5.41, 5.74) is 5.40. The van der Waals surface area contributed by atoms with Crippen molar-refractivity contribution in [3.63, 3.8) is 0 Å². The van der Waals surface area contributed by atoms with Gasteiger partial charge >= 0.3 is 0 Å². The molecule has 0 aliphatic heterocycles. The predicted molar refractivity (Wildman–Crippen MR) is 155 cm³/mol. The van der Waals surface area contributed by atoms with Crippen LogP contribution in [-0.2, 0) is 0 Å². The monoisotopic (exact) mass is 611 g/mol. The Bertz CT molecular complexity index is 1400. The molecule has 0 aliphatic carbocycles. The maximum Gasteiger partial charge on any atom is 0.251 e. The van der Waals surface area contributed by atoms with Crippen molar-refractivity contribution in [1.29, 1.82) is 0 Å². The first kappa shape index (κ1) is 26.4. The van der Waals surface area contributed by atoms with Crippen LogP contribution in [0.3, 0.4) is 0 Å². The number of hydrogen-bond acceptors (Lipinski definition) is 7. The second kappa shape index (κ2) is 11.6. The predicted octanol–water partition coefficient (Wildman–Crippen LogP) is 5.97. The number of H-pyrrole nitrogens is 1. The van der Waals surface area contributed by atoms with Crippen LogP contribution in [0.5, 0.6) is 5.75 Å². The largest absolute Gasteiger partial charge is 0.491 e. The van der Waals surface area contributed by atoms with Gasteiger partial charge in [0.25, 0.3) is 5.91 Å². The maximum atomic E-state index is 11.9. The number of amides is 1. The molecule has 2 aromatic heterocycles. The van der Waals surface area contributed by atoms with E-state index in [4.69, 9.17) is 4.74 Å². The summed E-state index contributed by atoms with van der Waals surface area (Å²) in [5.74, 6) is 2.71. The van der Waals surface area contributed by atoms with Gasteiger partial charge in [-0.3, -0.25) is 9.89 Å². The van der Waals surface area contributed by atoms with E-state index in [1.165, 1.54) is 0 Å². The van der Waals surface area contributed by atoms with Crippen molar-refractivity contribution >= 4 is 51.8 Å². The van der Waals surface area contributed by atoms with Gasteiger partial charge in [-0.05, 0) is 83.3 Å².